The van der Waals surface area contributed by atoms with Gasteiger partial charge in [0.15, 0.2) is 5.69 Å². The molecule has 1 fully saturated rings. The number of nitrogens with one attached hydrogen (secondary N) is 2. The number of carbonyl (C=O) groups is 3. The molecule has 1 saturated carbocycles. The van der Waals surface area contributed by atoms with Gasteiger partial charge in [-0.15, -0.1) is 11.3 Å². The monoisotopic (exact) mass is 624 g/mol. The van der Waals surface area contributed by atoms with Gasteiger partial charge < -0.3 is 26.2 Å². The second kappa shape index (κ2) is 12.1. The summed E-state index contributed by atoms with van der Waals surface area (Å²) in [5.41, 5.74) is 11.7. The van der Waals surface area contributed by atoms with Crippen LogP contribution in [-0.2, 0) is 13.0 Å². The fraction of sp³-hybridized carbons (Fsp3) is 0.314. The summed E-state index contributed by atoms with van der Waals surface area (Å²) in [5.74, 6) is -1.60. The molecule has 0 unspecified atom stereocenters. The number of aromatic carboxylic acids is 1. The van der Waals surface area contributed by atoms with E-state index >= 15 is 0 Å². The van der Waals surface area contributed by atoms with Gasteiger partial charge in [-0.2, -0.15) is 0 Å². The number of benzene rings is 2. The summed E-state index contributed by atoms with van der Waals surface area (Å²) < 4.78 is 6.14. The van der Waals surface area contributed by atoms with E-state index in [1.54, 1.807) is 29.5 Å². The Morgan fingerprint density at radius 3 is 2.44 bits per heavy atom. The molecule has 6 rings (SSSR count). The van der Waals surface area contributed by atoms with Gasteiger partial charge in [-0.05, 0) is 90.1 Å². The van der Waals surface area contributed by atoms with E-state index in [0.29, 0.717) is 43.1 Å². The molecule has 45 heavy (non-hydrogen) atoms. The summed E-state index contributed by atoms with van der Waals surface area (Å²) in [6.07, 6.45) is 3.92. The molecule has 0 spiro atoms. The predicted octanol–water partition coefficient (Wildman–Crippen LogP) is 6.36. The van der Waals surface area contributed by atoms with Gasteiger partial charge in [-0.3, -0.25) is 9.59 Å². The Morgan fingerprint density at radius 2 is 1.78 bits per heavy atom. The zero-order chi connectivity index (χ0) is 31.9. The van der Waals surface area contributed by atoms with Crippen LogP contribution in [0.5, 0.6) is 5.75 Å². The van der Waals surface area contributed by atoms with Gasteiger partial charge in [0, 0.05) is 52.3 Å². The van der Waals surface area contributed by atoms with Gasteiger partial charge in [0.2, 0.25) is 0 Å². The second-order valence-electron chi connectivity index (χ2n) is 12.3. The van der Waals surface area contributed by atoms with Crippen LogP contribution in [0, 0.1) is 19.3 Å². The molecule has 3 heterocycles. The number of carboxylic acids is 1. The molecule has 4 aromatic rings. The average molecular weight is 625 g/mol. The Labute approximate surface area is 265 Å². The molecule has 0 bridgehead atoms. The number of thiophene rings is 1. The molecule has 2 amide bonds. The molecule has 0 radical (unpaired) electrons. The first-order valence-electron chi connectivity index (χ1n) is 15.1. The second-order valence-corrected chi connectivity index (χ2v) is 13.2. The quantitative estimate of drug-likeness (QED) is 0.179. The van der Waals surface area contributed by atoms with Crippen molar-refractivity contribution in [1.29, 1.82) is 0 Å². The van der Waals surface area contributed by atoms with E-state index in [9.17, 15) is 19.5 Å². The van der Waals surface area contributed by atoms with E-state index in [-0.39, 0.29) is 27.9 Å². The fourth-order valence-electron chi connectivity index (χ4n) is 6.18. The molecule has 1 aliphatic carbocycles. The van der Waals surface area contributed by atoms with Crippen molar-refractivity contribution < 1.29 is 24.2 Å². The van der Waals surface area contributed by atoms with Crippen LogP contribution in [0.25, 0.3) is 21.6 Å². The van der Waals surface area contributed by atoms with Crippen LogP contribution in [0.4, 0.5) is 5.69 Å². The fourth-order valence-corrected chi connectivity index (χ4v) is 7.16. The van der Waals surface area contributed by atoms with Crippen LogP contribution >= 0.6 is 11.3 Å². The summed E-state index contributed by atoms with van der Waals surface area (Å²) >= 11 is 1.57. The molecule has 232 valence electrons. The molecule has 1 aliphatic heterocycles. The van der Waals surface area contributed by atoms with Crippen LogP contribution in [0.2, 0.25) is 0 Å². The Hall–Kier alpha value is -4.54. The van der Waals surface area contributed by atoms with E-state index in [0.717, 1.165) is 52.0 Å². The number of hydrogen-bond donors (Lipinski definition) is 4. The first-order chi connectivity index (χ1) is 21.6. The van der Waals surface area contributed by atoms with Crippen LogP contribution in [0.15, 0.2) is 47.8 Å². The van der Waals surface area contributed by atoms with E-state index in [4.69, 9.17) is 10.5 Å². The molecular formula is C35H36N4O5S. The third-order valence-electron chi connectivity index (χ3n) is 8.91. The highest BCUT2D eigenvalue weighted by molar-refractivity contribution is 7.13. The number of pyridine rings is 1. The smallest absolute Gasteiger partial charge is 0.355 e. The summed E-state index contributed by atoms with van der Waals surface area (Å²) in [4.78, 5) is 45.1. The zero-order valence-electron chi connectivity index (χ0n) is 25.6. The Bertz CT molecular complexity index is 1820. The Balaban J connectivity index is 1.45. The molecule has 2 aliphatic rings. The topological polar surface area (TPSA) is 144 Å². The predicted molar refractivity (Wildman–Crippen MR) is 175 cm³/mol. The number of carboxylic acid groups (broad SMARTS) is 1. The lowest BCUT2D eigenvalue weighted by molar-refractivity contribution is 0.0690. The molecule has 2 aromatic heterocycles. The largest absolute Gasteiger partial charge is 0.493 e. The Morgan fingerprint density at radius 1 is 1.02 bits per heavy atom. The van der Waals surface area contributed by atoms with Crippen molar-refractivity contribution in [3.8, 4) is 27.3 Å². The number of carbonyl (C=O) groups excluding carboxylic acids is 2. The number of hydrogen-bond acceptors (Lipinski definition) is 7. The first kappa shape index (κ1) is 30.5. The maximum absolute atomic E-state index is 14.2. The number of nitrogens with zero attached hydrogens (tertiary/aromatic N) is 1. The SMILES string of the molecule is Cc1cc(CN)cc(C)c1NC(=O)c1cc2c(cc1-c1ccc(C(=O)NCC3(C)CCC3)nc1C(=O)O)OCCc1ccsc1-2. The molecule has 0 saturated heterocycles. The number of aryl methyl sites for hydroxylation is 2. The standard InChI is InChI=1S/C35H36N4O5S/c1-19-13-21(17-36)14-20(2)29(19)39-32(40)25-15-26-28(44-11-7-22-8-12-45-31(22)26)16-24(25)23-5-6-27(38-30(23)34(42)43)33(41)37-18-35(3)9-4-10-35/h5-6,8,12-16H,4,7,9-11,17-18,36H2,1-3H3,(H,37,41)(H,39,40)(H,42,43). The maximum atomic E-state index is 14.2. The van der Waals surface area contributed by atoms with Gasteiger partial charge in [0.1, 0.15) is 11.4 Å². The van der Waals surface area contributed by atoms with Gasteiger partial charge in [0.25, 0.3) is 11.8 Å². The minimum Gasteiger partial charge on any atom is -0.493 e. The van der Waals surface area contributed by atoms with Gasteiger partial charge in [0.05, 0.1) is 6.61 Å². The number of anilines is 1. The number of aromatic nitrogens is 1. The number of amides is 2. The zero-order valence-corrected chi connectivity index (χ0v) is 26.4. The van der Waals surface area contributed by atoms with E-state index in [1.807, 2.05) is 31.4 Å². The van der Waals surface area contributed by atoms with Gasteiger partial charge >= 0.3 is 5.97 Å². The highest BCUT2D eigenvalue weighted by Crippen LogP contribution is 2.44. The van der Waals surface area contributed by atoms with E-state index < -0.39 is 17.8 Å². The molecule has 10 heteroatoms. The lowest BCUT2D eigenvalue weighted by atomic mass is 9.70. The normalized spacial score (nSPS) is 14.7. The van der Waals surface area contributed by atoms with Crippen LogP contribution in [-0.4, -0.2) is 41.0 Å². The minimum absolute atomic E-state index is 0.00514. The highest BCUT2D eigenvalue weighted by atomic mass is 32.1. The van der Waals surface area contributed by atoms with Crippen LogP contribution < -0.4 is 21.1 Å². The van der Waals surface area contributed by atoms with Crippen molar-refractivity contribution in [3.05, 3.63) is 87.0 Å². The van der Waals surface area contributed by atoms with Crippen molar-refractivity contribution in [2.24, 2.45) is 11.1 Å². The molecule has 9 nitrogen and oxygen atoms in total. The van der Waals surface area contributed by atoms with Gasteiger partial charge in [-0.1, -0.05) is 25.5 Å². The highest BCUT2D eigenvalue weighted by Gasteiger charge is 2.32. The summed E-state index contributed by atoms with van der Waals surface area (Å²) in [6.45, 7) is 7.26. The van der Waals surface area contributed by atoms with Crippen molar-refractivity contribution in [1.82, 2.24) is 10.3 Å². The van der Waals surface area contributed by atoms with Crippen LogP contribution in [0.1, 0.15) is 79.8 Å². The molecule has 5 N–H and O–H groups in total. The molecule has 2 aromatic carbocycles. The third kappa shape index (κ3) is 5.95. The van der Waals surface area contributed by atoms with Crippen molar-refractivity contribution in [2.45, 2.75) is 53.0 Å². The first-order valence-corrected chi connectivity index (χ1v) is 16.0. The summed E-state index contributed by atoms with van der Waals surface area (Å²) in [5, 5.41) is 18.3. The number of ether oxygens (including phenoxy) is 1. The van der Waals surface area contributed by atoms with E-state index in [1.165, 1.54) is 6.07 Å². The summed E-state index contributed by atoms with van der Waals surface area (Å²) in [6, 6.07) is 12.5. The van der Waals surface area contributed by atoms with Crippen molar-refractivity contribution >= 4 is 34.8 Å². The summed E-state index contributed by atoms with van der Waals surface area (Å²) in [7, 11) is 0. The average Bonchev–Trinajstić information content (AvgIpc) is 3.41. The van der Waals surface area contributed by atoms with Gasteiger partial charge in [-0.25, -0.2) is 9.78 Å². The number of fused-ring (bicyclic) bond motifs is 3. The van der Waals surface area contributed by atoms with Crippen LogP contribution in [0.3, 0.4) is 0 Å². The molecular weight excluding hydrogens is 588 g/mol. The Kier molecular flexibility index (Phi) is 8.20. The van der Waals surface area contributed by atoms with Crippen molar-refractivity contribution in [3.63, 3.8) is 0 Å². The number of rotatable bonds is 8. The minimum atomic E-state index is -1.31. The third-order valence-corrected chi connectivity index (χ3v) is 9.90. The van der Waals surface area contributed by atoms with E-state index in [2.05, 4.69) is 28.6 Å². The number of nitrogens with two attached hydrogens (primary N) is 1. The van der Waals surface area contributed by atoms with Crippen molar-refractivity contribution in [2.75, 3.05) is 18.5 Å². The lowest BCUT2D eigenvalue weighted by Gasteiger charge is -2.38. The molecule has 0 atom stereocenters. The maximum Gasteiger partial charge on any atom is 0.355 e. The lowest BCUT2D eigenvalue weighted by Crippen LogP contribution is -2.40.